The molecule has 0 aliphatic carbocycles. The van der Waals surface area contributed by atoms with Crippen LogP contribution in [0.3, 0.4) is 0 Å². The lowest BCUT2D eigenvalue weighted by atomic mass is 10.2. The molecule has 0 fully saturated rings. The Hall–Kier alpha value is -1.82. The van der Waals surface area contributed by atoms with Gasteiger partial charge in [-0.15, -0.1) is 5.92 Å². The number of halogens is 1. The van der Waals surface area contributed by atoms with E-state index in [2.05, 4.69) is 11.8 Å². The molecule has 0 atom stereocenters. The Morgan fingerprint density at radius 3 is 2.93 bits per heavy atom. The van der Waals surface area contributed by atoms with Gasteiger partial charge in [0.25, 0.3) is 0 Å². The predicted molar refractivity (Wildman–Crippen MR) is 50.7 cm³/mol. The molecule has 0 saturated carbocycles. The Labute approximate surface area is 81.7 Å². The molecule has 14 heavy (non-hydrogen) atoms. The summed E-state index contributed by atoms with van der Waals surface area (Å²) in [6.07, 6.45) is 0.582. The van der Waals surface area contributed by atoms with E-state index < -0.39 is 5.82 Å². The summed E-state index contributed by atoms with van der Waals surface area (Å²) >= 11 is 0. The lowest BCUT2D eigenvalue weighted by Gasteiger charge is -2.03. The Kier molecular flexibility index (Phi) is 3.69. The molecule has 0 spiro atoms. The summed E-state index contributed by atoms with van der Waals surface area (Å²) in [5.41, 5.74) is 0.288. The molecule has 1 rings (SSSR count). The van der Waals surface area contributed by atoms with Crippen molar-refractivity contribution in [3.05, 3.63) is 29.6 Å². The van der Waals surface area contributed by atoms with E-state index >= 15 is 0 Å². The maximum absolute atomic E-state index is 13.1. The van der Waals surface area contributed by atoms with Gasteiger partial charge in [-0.2, -0.15) is 0 Å². The molecule has 0 aliphatic rings. The van der Waals surface area contributed by atoms with Crippen LogP contribution < -0.4 is 4.74 Å². The monoisotopic (exact) mass is 192 g/mol. The molecule has 0 heterocycles. The van der Waals surface area contributed by atoms with Crippen molar-refractivity contribution in [1.82, 2.24) is 0 Å². The minimum absolute atomic E-state index is 0.110. The number of carbonyl (C=O) groups is 1. The van der Waals surface area contributed by atoms with Crippen molar-refractivity contribution in [3.63, 3.8) is 0 Å². The zero-order chi connectivity index (χ0) is 10.4. The molecule has 1 aromatic rings. The predicted octanol–water partition coefficient (Wildman–Crippen LogP) is 2.04. The summed E-state index contributed by atoms with van der Waals surface area (Å²) in [6.45, 7) is 1.82. The van der Waals surface area contributed by atoms with Crippen LogP contribution in [0.25, 0.3) is 0 Å². The fraction of sp³-hybridized carbons (Fsp3) is 0.182. The van der Waals surface area contributed by atoms with Gasteiger partial charge >= 0.3 is 0 Å². The van der Waals surface area contributed by atoms with Crippen molar-refractivity contribution in [1.29, 1.82) is 0 Å². The molecule has 2 nitrogen and oxygen atoms in total. The average molecular weight is 192 g/mol. The lowest BCUT2D eigenvalue weighted by Crippen LogP contribution is -1.97. The first kappa shape index (κ1) is 10.3. The van der Waals surface area contributed by atoms with Crippen molar-refractivity contribution >= 4 is 6.29 Å². The molecule has 0 saturated heterocycles. The Morgan fingerprint density at radius 2 is 2.36 bits per heavy atom. The van der Waals surface area contributed by atoms with Gasteiger partial charge in [0, 0.05) is 5.56 Å². The van der Waals surface area contributed by atoms with Crippen molar-refractivity contribution in [3.8, 4) is 17.6 Å². The highest BCUT2D eigenvalue weighted by molar-refractivity contribution is 5.74. The molecule has 0 amide bonds. The van der Waals surface area contributed by atoms with Gasteiger partial charge in [0.2, 0.25) is 0 Å². The largest absolute Gasteiger partial charge is 0.478 e. The van der Waals surface area contributed by atoms with E-state index in [1.165, 1.54) is 12.1 Å². The summed E-state index contributed by atoms with van der Waals surface area (Å²) in [6, 6.07) is 4.03. The van der Waals surface area contributed by atoms with E-state index in [-0.39, 0.29) is 17.9 Å². The summed E-state index contributed by atoms with van der Waals surface area (Å²) in [5.74, 6) is 4.83. The highest BCUT2D eigenvalue weighted by atomic mass is 19.1. The SMILES string of the molecule is CC#CCOc1ccc(C=O)cc1F. The molecule has 0 aliphatic heterocycles. The number of benzene rings is 1. The first-order chi connectivity index (χ1) is 6.77. The molecule has 0 unspecified atom stereocenters. The van der Waals surface area contributed by atoms with Gasteiger partial charge in [0.05, 0.1) is 0 Å². The standard InChI is InChI=1S/C11H9FO2/c1-2-3-6-14-11-5-4-9(8-13)7-10(11)12/h4-5,7-8H,6H2,1H3. The molecule has 3 heteroatoms. The molecule has 1 aromatic carbocycles. The summed E-state index contributed by atoms with van der Waals surface area (Å²) in [5, 5.41) is 0. The molecule has 0 N–H and O–H groups in total. The third-order valence-electron chi connectivity index (χ3n) is 1.57. The summed E-state index contributed by atoms with van der Waals surface area (Å²) in [4.78, 5) is 10.3. The second kappa shape index (κ2) is 5.03. The number of rotatable bonds is 3. The maximum Gasteiger partial charge on any atom is 0.165 e. The van der Waals surface area contributed by atoms with Crippen LogP contribution >= 0.6 is 0 Å². The first-order valence-corrected chi connectivity index (χ1v) is 4.05. The van der Waals surface area contributed by atoms with Gasteiger partial charge in [-0.3, -0.25) is 4.79 Å². The van der Waals surface area contributed by atoms with E-state index in [0.29, 0.717) is 6.29 Å². The fourth-order valence-corrected chi connectivity index (χ4v) is 0.893. The number of hydrogen-bond donors (Lipinski definition) is 0. The van der Waals surface area contributed by atoms with Crippen molar-refractivity contribution < 1.29 is 13.9 Å². The normalized spacial score (nSPS) is 8.71. The van der Waals surface area contributed by atoms with Crippen LogP contribution in [0.15, 0.2) is 18.2 Å². The van der Waals surface area contributed by atoms with Gasteiger partial charge in [0.15, 0.2) is 11.6 Å². The third kappa shape index (κ3) is 2.60. The molecule has 0 aromatic heterocycles. The van der Waals surface area contributed by atoms with Crippen LogP contribution in [0.5, 0.6) is 5.75 Å². The number of ether oxygens (including phenoxy) is 1. The number of aldehydes is 1. The summed E-state index contributed by atoms with van der Waals surface area (Å²) < 4.78 is 18.1. The third-order valence-corrected chi connectivity index (χ3v) is 1.57. The second-order valence-electron chi connectivity index (χ2n) is 2.52. The summed E-state index contributed by atoms with van der Waals surface area (Å²) in [7, 11) is 0. The Balaban J connectivity index is 2.76. The smallest absolute Gasteiger partial charge is 0.165 e. The van der Waals surface area contributed by atoms with E-state index in [9.17, 15) is 9.18 Å². The minimum Gasteiger partial charge on any atom is -0.478 e. The molecule has 0 radical (unpaired) electrons. The Morgan fingerprint density at radius 1 is 1.57 bits per heavy atom. The van der Waals surface area contributed by atoms with Crippen LogP contribution in [0.4, 0.5) is 4.39 Å². The molecular formula is C11H9FO2. The highest BCUT2D eigenvalue weighted by Gasteiger charge is 2.03. The van der Waals surface area contributed by atoms with Crippen molar-refractivity contribution in [2.45, 2.75) is 6.92 Å². The van der Waals surface area contributed by atoms with Gasteiger partial charge in [0.1, 0.15) is 12.9 Å². The maximum atomic E-state index is 13.1. The van der Waals surface area contributed by atoms with E-state index in [4.69, 9.17) is 4.74 Å². The van der Waals surface area contributed by atoms with Crippen LogP contribution in [0, 0.1) is 17.7 Å². The van der Waals surface area contributed by atoms with Crippen molar-refractivity contribution in [2.75, 3.05) is 6.61 Å². The van der Waals surface area contributed by atoms with Gasteiger partial charge in [-0.1, -0.05) is 5.92 Å². The van der Waals surface area contributed by atoms with E-state index in [1.807, 2.05) is 0 Å². The molecular weight excluding hydrogens is 183 g/mol. The van der Waals surface area contributed by atoms with Crippen LogP contribution in [0.1, 0.15) is 17.3 Å². The number of hydrogen-bond acceptors (Lipinski definition) is 2. The fourth-order valence-electron chi connectivity index (χ4n) is 0.893. The van der Waals surface area contributed by atoms with E-state index in [1.54, 1.807) is 6.92 Å². The lowest BCUT2D eigenvalue weighted by molar-refractivity contribution is 0.112. The Bertz CT molecular complexity index is 388. The second-order valence-corrected chi connectivity index (χ2v) is 2.52. The van der Waals surface area contributed by atoms with Gasteiger partial charge in [-0.25, -0.2) is 4.39 Å². The van der Waals surface area contributed by atoms with E-state index in [0.717, 1.165) is 6.07 Å². The molecule has 72 valence electrons. The quantitative estimate of drug-likeness (QED) is 0.541. The van der Waals surface area contributed by atoms with Gasteiger partial charge in [-0.05, 0) is 25.1 Å². The first-order valence-electron chi connectivity index (χ1n) is 4.05. The zero-order valence-corrected chi connectivity index (χ0v) is 7.71. The van der Waals surface area contributed by atoms with Crippen LogP contribution in [0.2, 0.25) is 0 Å². The highest BCUT2D eigenvalue weighted by Crippen LogP contribution is 2.17. The topological polar surface area (TPSA) is 26.3 Å². The van der Waals surface area contributed by atoms with Crippen molar-refractivity contribution in [2.24, 2.45) is 0 Å². The average Bonchev–Trinajstić information content (AvgIpc) is 2.20. The number of carbonyl (C=O) groups excluding carboxylic acids is 1. The van der Waals surface area contributed by atoms with Gasteiger partial charge < -0.3 is 4.74 Å². The molecule has 0 bridgehead atoms. The zero-order valence-electron chi connectivity index (χ0n) is 7.71. The van der Waals surface area contributed by atoms with Crippen LogP contribution in [-0.4, -0.2) is 12.9 Å². The van der Waals surface area contributed by atoms with Crippen LogP contribution in [-0.2, 0) is 0 Å². The minimum atomic E-state index is -0.549.